The predicted octanol–water partition coefficient (Wildman–Crippen LogP) is 3.99. The highest BCUT2D eigenvalue weighted by atomic mass is 35.5. The van der Waals surface area contributed by atoms with Gasteiger partial charge in [0.15, 0.2) is 0 Å². The van der Waals surface area contributed by atoms with E-state index in [9.17, 15) is 23.3 Å². The second-order valence-electron chi connectivity index (χ2n) is 4.94. The third kappa shape index (κ3) is 3.42. The molecule has 0 atom stereocenters. The Labute approximate surface area is 148 Å². The van der Waals surface area contributed by atoms with E-state index in [-0.39, 0.29) is 17.3 Å². The van der Waals surface area contributed by atoms with Crippen molar-refractivity contribution in [2.75, 3.05) is 5.32 Å². The van der Waals surface area contributed by atoms with Gasteiger partial charge in [0, 0.05) is 18.1 Å². The van der Waals surface area contributed by atoms with Gasteiger partial charge in [0.05, 0.1) is 15.5 Å². The highest BCUT2D eigenvalue weighted by Gasteiger charge is 2.33. The zero-order chi connectivity index (χ0) is 18.9. The minimum atomic E-state index is -4.67. The first-order valence-corrected chi connectivity index (χ1v) is 7.26. The van der Waals surface area contributed by atoms with Gasteiger partial charge in [-0.15, -0.1) is 0 Å². The minimum Gasteiger partial charge on any atom is -0.334 e. The van der Waals surface area contributed by atoms with E-state index in [4.69, 9.17) is 11.6 Å². The van der Waals surface area contributed by atoms with Gasteiger partial charge in [-0.05, 0) is 18.2 Å². The molecule has 0 unspecified atom stereocenters. The van der Waals surface area contributed by atoms with Crippen molar-refractivity contribution in [2.45, 2.75) is 6.18 Å². The molecule has 26 heavy (non-hydrogen) atoms. The summed E-state index contributed by atoms with van der Waals surface area (Å²) >= 11 is 5.57. The summed E-state index contributed by atoms with van der Waals surface area (Å²) in [5.41, 5.74) is -1.66. The number of aromatic nitrogens is 4. The lowest BCUT2D eigenvalue weighted by Gasteiger charge is -2.12. The SMILES string of the molecule is O=[N+]([O-])c1c(Nc2ccc(Cl)c(C(F)(F)F)c2)ncnc1-n1ccnc1. The predicted molar refractivity (Wildman–Crippen MR) is 85.5 cm³/mol. The molecular formula is C14H8ClF3N6O2. The Hall–Kier alpha value is -3.21. The molecule has 0 aliphatic heterocycles. The molecule has 0 radical (unpaired) electrons. The van der Waals surface area contributed by atoms with Crippen molar-refractivity contribution in [1.29, 1.82) is 0 Å². The van der Waals surface area contributed by atoms with Gasteiger partial charge in [-0.25, -0.2) is 15.0 Å². The zero-order valence-corrected chi connectivity index (χ0v) is 13.4. The number of anilines is 2. The first kappa shape index (κ1) is 17.6. The molecule has 0 aliphatic rings. The lowest BCUT2D eigenvalue weighted by atomic mass is 10.2. The Morgan fingerprint density at radius 1 is 1.27 bits per heavy atom. The fourth-order valence-corrected chi connectivity index (χ4v) is 2.38. The fraction of sp³-hybridized carbons (Fsp3) is 0.0714. The molecule has 1 N–H and O–H groups in total. The van der Waals surface area contributed by atoms with Crippen molar-refractivity contribution in [3.8, 4) is 5.82 Å². The molecule has 0 bridgehead atoms. The van der Waals surface area contributed by atoms with Gasteiger partial charge >= 0.3 is 11.9 Å². The van der Waals surface area contributed by atoms with E-state index in [2.05, 4.69) is 20.3 Å². The van der Waals surface area contributed by atoms with Crippen LogP contribution < -0.4 is 5.32 Å². The van der Waals surface area contributed by atoms with Gasteiger partial charge in [-0.2, -0.15) is 13.2 Å². The molecule has 8 nitrogen and oxygen atoms in total. The van der Waals surface area contributed by atoms with Crippen LogP contribution in [0.1, 0.15) is 5.56 Å². The topological polar surface area (TPSA) is 98.8 Å². The Kier molecular flexibility index (Phi) is 4.47. The molecule has 0 aliphatic carbocycles. The molecule has 0 saturated heterocycles. The number of alkyl halides is 3. The van der Waals surface area contributed by atoms with E-state index in [1.165, 1.54) is 29.4 Å². The molecule has 12 heteroatoms. The smallest absolute Gasteiger partial charge is 0.334 e. The van der Waals surface area contributed by atoms with Crippen molar-refractivity contribution >= 4 is 28.8 Å². The average Bonchev–Trinajstić information content (AvgIpc) is 3.09. The zero-order valence-electron chi connectivity index (χ0n) is 12.6. The van der Waals surface area contributed by atoms with Gasteiger partial charge in [-0.3, -0.25) is 14.7 Å². The van der Waals surface area contributed by atoms with Crippen LogP contribution in [0.3, 0.4) is 0 Å². The van der Waals surface area contributed by atoms with E-state index in [1.807, 2.05) is 0 Å². The first-order valence-electron chi connectivity index (χ1n) is 6.89. The van der Waals surface area contributed by atoms with Crippen LogP contribution in [0.15, 0.2) is 43.2 Å². The van der Waals surface area contributed by atoms with Crippen LogP contribution in [-0.4, -0.2) is 24.4 Å². The van der Waals surface area contributed by atoms with Crippen molar-refractivity contribution in [1.82, 2.24) is 19.5 Å². The molecule has 0 saturated carbocycles. The van der Waals surface area contributed by atoms with Crippen LogP contribution in [0.4, 0.5) is 30.4 Å². The lowest BCUT2D eigenvalue weighted by Crippen LogP contribution is -2.09. The number of nitrogens with one attached hydrogen (secondary N) is 1. The Bertz CT molecular complexity index is 962. The molecular weight excluding hydrogens is 377 g/mol. The molecule has 0 amide bonds. The largest absolute Gasteiger partial charge is 0.417 e. The van der Waals surface area contributed by atoms with E-state index in [0.29, 0.717) is 0 Å². The van der Waals surface area contributed by atoms with Crippen molar-refractivity contribution < 1.29 is 18.1 Å². The number of benzene rings is 1. The summed E-state index contributed by atoms with van der Waals surface area (Å²) in [6.45, 7) is 0. The molecule has 0 spiro atoms. The highest BCUT2D eigenvalue weighted by Crippen LogP contribution is 2.37. The number of rotatable bonds is 4. The van der Waals surface area contributed by atoms with Crippen LogP contribution in [0.25, 0.3) is 5.82 Å². The number of nitro groups is 1. The second-order valence-corrected chi connectivity index (χ2v) is 5.35. The van der Waals surface area contributed by atoms with E-state index >= 15 is 0 Å². The maximum Gasteiger partial charge on any atom is 0.417 e. The van der Waals surface area contributed by atoms with Crippen LogP contribution in [0, 0.1) is 10.1 Å². The van der Waals surface area contributed by atoms with Crippen LogP contribution in [-0.2, 0) is 6.18 Å². The molecule has 3 aromatic rings. The summed E-state index contributed by atoms with van der Waals surface area (Å²) in [5, 5.41) is 13.5. The number of imidazole rings is 1. The number of nitrogens with zero attached hydrogens (tertiary/aromatic N) is 5. The summed E-state index contributed by atoms with van der Waals surface area (Å²) in [6.07, 6.45) is 0.500. The minimum absolute atomic E-state index is 0.0693. The molecule has 1 aromatic carbocycles. The highest BCUT2D eigenvalue weighted by molar-refractivity contribution is 6.31. The Morgan fingerprint density at radius 3 is 2.65 bits per heavy atom. The van der Waals surface area contributed by atoms with Crippen LogP contribution >= 0.6 is 11.6 Å². The number of hydrogen-bond donors (Lipinski definition) is 1. The lowest BCUT2D eigenvalue weighted by molar-refractivity contribution is -0.384. The summed E-state index contributed by atoms with van der Waals surface area (Å²) in [4.78, 5) is 22.1. The van der Waals surface area contributed by atoms with Crippen molar-refractivity contribution in [3.05, 3.63) is 63.9 Å². The molecule has 134 valence electrons. The van der Waals surface area contributed by atoms with E-state index in [1.54, 1.807) is 0 Å². The molecule has 3 rings (SSSR count). The summed E-state index contributed by atoms with van der Waals surface area (Å²) < 4.78 is 40.2. The normalized spacial score (nSPS) is 11.4. The molecule has 2 heterocycles. The van der Waals surface area contributed by atoms with Gasteiger partial charge in [-0.1, -0.05) is 11.6 Å². The van der Waals surface area contributed by atoms with Gasteiger partial charge in [0.2, 0.25) is 11.6 Å². The summed E-state index contributed by atoms with van der Waals surface area (Å²) in [5.74, 6) is -0.362. The van der Waals surface area contributed by atoms with E-state index in [0.717, 1.165) is 18.5 Å². The molecule has 0 fully saturated rings. The van der Waals surface area contributed by atoms with Gasteiger partial charge in [0.1, 0.15) is 12.7 Å². The van der Waals surface area contributed by atoms with Crippen molar-refractivity contribution in [2.24, 2.45) is 0 Å². The molecule has 2 aromatic heterocycles. The summed E-state index contributed by atoms with van der Waals surface area (Å²) in [7, 11) is 0. The fourth-order valence-electron chi connectivity index (χ4n) is 2.16. The van der Waals surface area contributed by atoms with Crippen LogP contribution in [0.5, 0.6) is 0 Å². The van der Waals surface area contributed by atoms with Gasteiger partial charge < -0.3 is 5.32 Å². The Morgan fingerprint density at radius 2 is 2.04 bits per heavy atom. The van der Waals surface area contributed by atoms with E-state index < -0.39 is 27.4 Å². The third-order valence-corrected chi connectivity index (χ3v) is 3.60. The number of hydrogen-bond acceptors (Lipinski definition) is 6. The van der Waals surface area contributed by atoms with Gasteiger partial charge in [0.25, 0.3) is 0 Å². The quantitative estimate of drug-likeness (QED) is 0.539. The third-order valence-electron chi connectivity index (χ3n) is 3.27. The Balaban J connectivity index is 2.06. The maximum absolute atomic E-state index is 13.0. The second kappa shape index (κ2) is 6.59. The number of halogens is 4. The first-order chi connectivity index (χ1) is 12.3. The van der Waals surface area contributed by atoms with Crippen molar-refractivity contribution in [3.63, 3.8) is 0 Å². The van der Waals surface area contributed by atoms with Crippen LogP contribution in [0.2, 0.25) is 5.02 Å². The average molecular weight is 385 g/mol. The maximum atomic E-state index is 13.0. The standard InChI is InChI=1S/C14H8ClF3N6O2/c15-10-2-1-8(5-9(10)14(16,17)18)22-12-11(24(25)26)13(21-6-20-12)23-4-3-19-7-23/h1-7H,(H,20,21,22). The summed E-state index contributed by atoms with van der Waals surface area (Å²) in [6, 6.07) is 3.03. The monoisotopic (exact) mass is 384 g/mol.